The Balaban J connectivity index is 2.42. The van der Waals surface area contributed by atoms with Crippen molar-refractivity contribution in [3.8, 4) is 0 Å². The number of likely N-dealkylation sites (N-methyl/N-ethyl adjacent to an activating group) is 1. The van der Waals surface area contributed by atoms with Gasteiger partial charge < -0.3 is 15.0 Å². The van der Waals surface area contributed by atoms with E-state index in [0.29, 0.717) is 13.1 Å². The molecule has 0 bridgehead atoms. The van der Waals surface area contributed by atoms with Crippen LogP contribution in [-0.2, 0) is 13.0 Å². The van der Waals surface area contributed by atoms with Gasteiger partial charge in [0.2, 0.25) is 0 Å². The van der Waals surface area contributed by atoms with Crippen LogP contribution in [0.2, 0.25) is 0 Å². The molecule has 0 radical (unpaired) electrons. The van der Waals surface area contributed by atoms with E-state index >= 15 is 0 Å². The maximum atomic E-state index is 9.66. The Morgan fingerprint density at radius 2 is 2.36 bits per heavy atom. The molecule has 0 spiro atoms. The van der Waals surface area contributed by atoms with Crippen molar-refractivity contribution in [1.29, 1.82) is 0 Å². The first-order chi connectivity index (χ1) is 6.77. The molecule has 1 aromatic rings. The average Bonchev–Trinajstić information content (AvgIpc) is 2.62. The molecule has 0 saturated heterocycles. The third-order valence-corrected chi connectivity index (χ3v) is 2.16. The number of hydrogen-bond acceptors (Lipinski definition) is 3. The largest absolute Gasteiger partial charge is 0.390 e. The fourth-order valence-electron chi connectivity index (χ4n) is 1.42. The van der Waals surface area contributed by atoms with Gasteiger partial charge in [-0.1, -0.05) is 13.8 Å². The van der Waals surface area contributed by atoms with Crippen LogP contribution in [0.15, 0.2) is 12.4 Å². The number of rotatable bonds is 6. The summed E-state index contributed by atoms with van der Waals surface area (Å²) in [7, 11) is 0. The molecule has 0 saturated carbocycles. The number of aliphatic hydroxyl groups excluding tert-OH is 1. The minimum Gasteiger partial charge on any atom is -0.390 e. The topological polar surface area (TPSA) is 50.1 Å². The Labute approximate surface area is 85.0 Å². The number of imidazole rings is 1. The average molecular weight is 197 g/mol. The van der Waals surface area contributed by atoms with Crippen molar-refractivity contribution < 1.29 is 5.11 Å². The second kappa shape index (κ2) is 5.78. The van der Waals surface area contributed by atoms with Gasteiger partial charge in [0.25, 0.3) is 0 Å². The van der Waals surface area contributed by atoms with Crippen LogP contribution in [0.4, 0.5) is 0 Å². The lowest BCUT2D eigenvalue weighted by Crippen LogP contribution is -2.30. The van der Waals surface area contributed by atoms with Crippen molar-refractivity contribution in [3.63, 3.8) is 0 Å². The molecule has 0 aliphatic heterocycles. The van der Waals surface area contributed by atoms with Gasteiger partial charge in [-0.3, -0.25) is 0 Å². The third kappa shape index (κ3) is 3.12. The van der Waals surface area contributed by atoms with E-state index in [1.54, 1.807) is 6.20 Å². The van der Waals surface area contributed by atoms with Crippen molar-refractivity contribution >= 4 is 0 Å². The predicted molar refractivity (Wildman–Crippen MR) is 56.2 cm³/mol. The molecule has 0 aliphatic carbocycles. The number of hydrogen-bond donors (Lipinski definition) is 2. The summed E-state index contributed by atoms with van der Waals surface area (Å²) in [6.07, 6.45) is 4.25. The molecule has 0 fully saturated rings. The molecule has 1 heterocycles. The summed E-state index contributed by atoms with van der Waals surface area (Å²) in [5.74, 6) is 1.03. The first-order valence-corrected chi connectivity index (χ1v) is 5.16. The zero-order valence-electron chi connectivity index (χ0n) is 8.90. The van der Waals surface area contributed by atoms with E-state index in [1.807, 2.05) is 17.7 Å². The molecule has 1 aromatic heterocycles. The van der Waals surface area contributed by atoms with Gasteiger partial charge in [0.15, 0.2) is 0 Å². The van der Waals surface area contributed by atoms with Crippen LogP contribution in [-0.4, -0.2) is 33.9 Å². The summed E-state index contributed by atoms with van der Waals surface area (Å²) < 4.78 is 2.00. The molecule has 1 rings (SSSR count). The van der Waals surface area contributed by atoms with Crippen molar-refractivity contribution in [3.05, 3.63) is 18.2 Å². The molecule has 0 aliphatic rings. The second-order valence-corrected chi connectivity index (χ2v) is 3.31. The van der Waals surface area contributed by atoms with E-state index in [1.165, 1.54) is 0 Å². The molecular weight excluding hydrogens is 178 g/mol. The first-order valence-electron chi connectivity index (χ1n) is 5.16. The van der Waals surface area contributed by atoms with Crippen LogP contribution in [0.5, 0.6) is 0 Å². The van der Waals surface area contributed by atoms with Crippen molar-refractivity contribution in [2.75, 3.05) is 13.1 Å². The number of aryl methyl sites for hydroxylation is 1. The molecular formula is C10H19N3O. The Morgan fingerprint density at radius 3 is 3.00 bits per heavy atom. The lowest BCUT2D eigenvalue weighted by molar-refractivity contribution is 0.151. The third-order valence-electron chi connectivity index (χ3n) is 2.16. The molecule has 0 amide bonds. The highest BCUT2D eigenvalue weighted by Gasteiger charge is 2.06. The maximum Gasteiger partial charge on any atom is 0.108 e. The summed E-state index contributed by atoms with van der Waals surface area (Å²) in [4.78, 5) is 4.20. The van der Waals surface area contributed by atoms with Gasteiger partial charge in [0, 0.05) is 25.4 Å². The zero-order valence-corrected chi connectivity index (χ0v) is 8.90. The Hall–Kier alpha value is -0.870. The molecule has 1 unspecified atom stereocenters. The van der Waals surface area contributed by atoms with Crippen LogP contribution in [0.25, 0.3) is 0 Å². The predicted octanol–water partition coefficient (Wildman–Crippen LogP) is 0.416. The molecule has 4 nitrogen and oxygen atoms in total. The SMILES string of the molecule is CCNCC(O)Cn1ccnc1CC. The van der Waals surface area contributed by atoms with Crippen LogP contribution in [0.1, 0.15) is 19.7 Å². The van der Waals surface area contributed by atoms with Crippen LogP contribution in [0, 0.1) is 0 Å². The zero-order chi connectivity index (χ0) is 10.4. The van der Waals surface area contributed by atoms with E-state index in [2.05, 4.69) is 17.2 Å². The highest BCUT2D eigenvalue weighted by atomic mass is 16.3. The Kier molecular flexibility index (Phi) is 4.62. The smallest absolute Gasteiger partial charge is 0.108 e. The quantitative estimate of drug-likeness (QED) is 0.694. The molecule has 2 N–H and O–H groups in total. The number of nitrogens with one attached hydrogen (secondary N) is 1. The minimum absolute atomic E-state index is 0.338. The van der Waals surface area contributed by atoms with E-state index in [9.17, 15) is 5.11 Å². The van der Waals surface area contributed by atoms with Crippen LogP contribution >= 0.6 is 0 Å². The molecule has 1 atom stereocenters. The number of aromatic nitrogens is 2. The fraction of sp³-hybridized carbons (Fsp3) is 0.700. The number of aliphatic hydroxyl groups is 1. The standard InChI is InChI=1S/C10H19N3O/c1-3-10-12-5-6-13(10)8-9(14)7-11-4-2/h5-6,9,11,14H,3-4,7-8H2,1-2H3. The summed E-state index contributed by atoms with van der Waals surface area (Å²) in [6.45, 7) is 6.24. The van der Waals surface area contributed by atoms with Crippen LogP contribution < -0.4 is 5.32 Å². The summed E-state index contributed by atoms with van der Waals surface area (Å²) in [5.41, 5.74) is 0. The van der Waals surface area contributed by atoms with Gasteiger partial charge in [-0.15, -0.1) is 0 Å². The molecule has 80 valence electrons. The van der Waals surface area contributed by atoms with E-state index in [0.717, 1.165) is 18.8 Å². The summed E-state index contributed by atoms with van der Waals surface area (Å²) in [5, 5.41) is 12.8. The van der Waals surface area contributed by atoms with Gasteiger partial charge in [-0.2, -0.15) is 0 Å². The van der Waals surface area contributed by atoms with Gasteiger partial charge >= 0.3 is 0 Å². The van der Waals surface area contributed by atoms with E-state index < -0.39 is 0 Å². The van der Waals surface area contributed by atoms with Gasteiger partial charge in [0.1, 0.15) is 5.82 Å². The molecule has 4 heteroatoms. The lowest BCUT2D eigenvalue weighted by atomic mass is 10.3. The second-order valence-electron chi connectivity index (χ2n) is 3.31. The number of nitrogens with zero attached hydrogens (tertiary/aromatic N) is 2. The van der Waals surface area contributed by atoms with Crippen LogP contribution in [0.3, 0.4) is 0 Å². The fourth-order valence-corrected chi connectivity index (χ4v) is 1.42. The normalized spacial score (nSPS) is 13.1. The van der Waals surface area contributed by atoms with Crippen molar-refractivity contribution in [1.82, 2.24) is 14.9 Å². The highest BCUT2D eigenvalue weighted by Crippen LogP contribution is 2.00. The van der Waals surface area contributed by atoms with Gasteiger partial charge in [-0.05, 0) is 6.54 Å². The Bertz CT molecular complexity index is 260. The maximum absolute atomic E-state index is 9.66. The van der Waals surface area contributed by atoms with Gasteiger partial charge in [0.05, 0.1) is 12.6 Å². The van der Waals surface area contributed by atoms with Crippen molar-refractivity contribution in [2.24, 2.45) is 0 Å². The highest BCUT2D eigenvalue weighted by molar-refractivity contribution is 4.92. The summed E-state index contributed by atoms with van der Waals surface area (Å²) in [6, 6.07) is 0. The molecule has 0 aromatic carbocycles. The lowest BCUT2D eigenvalue weighted by Gasteiger charge is -2.13. The van der Waals surface area contributed by atoms with E-state index in [-0.39, 0.29) is 6.10 Å². The van der Waals surface area contributed by atoms with E-state index in [4.69, 9.17) is 0 Å². The Morgan fingerprint density at radius 1 is 1.57 bits per heavy atom. The molecule has 14 heavy (non-hydrogen) atoms. The minimum atomic E-state index is -0.338. The summed E-state index contributed by atoms with van der Waals surface area (Å²) >= 11 is 0. The first kappa shape index (κ1) is 11.2. The van der Waals surface area contributed by atoms with Gasteiger partial charge in [-0.25, -0.2) is 4.98 Å². The monoisotopic (exact) mass is 197 g/mol. The van der Waals surface area contributed by atoms with Crippen molar-refractivity contribution in [2.45, 2.75) is 32.9 Å².